The Kier molecular flexibility index (Phi) is 5.74. The lowest BCUT2D eigenvalue weighted by molar-refractivity contribution is -0.123. The Morgan fingerprint density at radius 3 is 2.82 bits per heavy atom. The number of carbonyl (C=O) groups is 1. The Morgan fingerprint density at radius 2 is 2.11 bits per heavy atom. The quantitative estimate of drug-likeness (QED) is 0.772. The maximum atomic E-state index is 12.9. The number of aromatic nitrogens is 2. The normalized spacial score (nSPS) is 21.4. The second-order valence-corrected chi connectivity index (χ2v) is 8.61. The van der Waals surface area contributed by atoms with Gasteiger partial charge in [0.05, 0.1) is 12.0 Å². The summed E-state index contributed by atoms with van der Waals surface area (Å²) in [6.07, 6.45) is 8.13. The van der Waals surface area contributed by atoms with E-state index in [-0.39, 0.29) is 11.3 Å². The predicted molar refractivity (Wildman–Crippen MR) is 111 cm³/mol. The van der Waals surface area contributed by atoms with Crippen LogP contribution >= 0.6 is 11.6 Å². The maximum Gasteiger partial charge on any atom is 0.230 e. The van der Waals surface area contributed by atoms with Crippen molar-refractivity contribution in [3.05, 3.63) is 53.1 Å². The summed E-state index contributed by atoms with van der Waals surface area (Å²) in [4.78, 5) is 19.9. The van der Waals surface area contributed by atoms with Crippen molar-refractivity contribution >= 4 is 17.5 Å². The van der Waals surface area contributed by atoms with Gasteiger partial charge in [-0.3, -0.25) is 9.69 Å². The van der Waals surface area contributed by atoms with Crippen LogP contribution in [0.4, 0.5) is 0 Å². The van der Waals surface area contributed by atoms with E-state index in [1.165, 1.54) is 12.8 Å². The van der Waals surface area contributed by atoms with E-state index in [4.69, 9.17) is 11.6 Å². The fraction of sp³-hybridized carbons (Fsp3) is 0.545. The Balaban J connectivity index is 1.31. The molecule has 2 aliphatic rings. The molecule has 1 aliphatic heterocycles. The van der Waals surface area contributed by atoms with Crippen LogP contribution in [0.5, 0.6) is 0 Å². The molecule has 28 heavy (non-hydrogen) atoms. The number of likely N-dealkylation sites (tertiary alicyclic amines) is 1. The maximum absolute atomic E-state index is 12.9. The Bertz CT molecular complexity index is 812. The second-order valence-electron chi connectivity index (χ2n) is 8.17. The number of piperidine rings is 1. The van der Waals surface area contributed by atoms with Crippen molar-refractivity contribution < 1.29 is 4.79 Å². The summed E-state index contributed by atoms with van der Waals surface area (Å²) in [6.45, 7) is 6.87. The molecule has 1 N–H and O–H groups in total. The minimum absolute atomic E-state index is 0.175. The highest BCUT2D eigenvalue weighted by atomic mass is 35.5. The number of rotatable bonds is 7. The van der Waals surface area contributed by atoms with E-state index in [0.29, 0.717) is 10.9 Å². The molecule has 1 saturated heterocycles. The molecule has 5 nitrogen and oxygen atoms in total. The third-order valence-electron chi connectivity index (χ3n) is 6.24. The van der Waals surface area contributed by atoms with Gasteiger partial charge in [0.1, 0.15) is 5.82 Å². The average Bonchev–Trinajstić information content (AvgIpc) is 3.40. The largest absolute Gasteiger partial charge is 0.355 e. The topological polar surface area (TPSA) is 50.2 Å². The number of benzene rings is 1. The summed E-state index contributed by atoms with van der Waals surface area (Å²) in [7, 11) is 0. The first-order valence-corrected chi connectivity index (χ1v) is 10.8. The van der Waals surface area contributed by atoms with Gasteiger partial charge in [-0.05, 0) is 62.8 Å². The van der Waals surface area contributed by atoms with Gasteiger partial charge in [0.15, 0.2) is 0 Å². The third kappa shape index (κ3) is 4.11. The van der Waals surface area contributed by atoms with Crippen LogP contribution in [0, 0.1) is 5.92 Å². The van der Waals surface area contributed by atoms with Gasteiger partial charge in [0.25, 0.3) is 0 Å². The number of nitrogens with one attached hydrogen (secondary N) is 1. The first-order chi connectivity index (χ1) is 13.6. The number of imidazole rings is 1. The van der Waals surface area contributed by atoms with Crippen LogP contribution in [0.25, 0.3) is 0 Å². The van der Waals surface area contributed by atoms with Crippen molar-refractivity contribution in [2.75, 3.05) is 19.6 Å². The number of hydrogen-bond acceptors (Lipinski definition) is 3. The van der Waals surface area contributed by atoms with E-state index in [2.05, 4.69) is 26.7 Å². The van der Waals surface area contributed by atoms with Gasteiger partial charge in [-0.1, -0.05) is 23.7 Å². The summed E-state index contributed by atoms with van der Waals surface area (Å²) >= 11 is 6.00. The zero-order chi connectivity index (χ0) is 19.6. The first kappa shape index (κ1) is 19.5. The fourth-order valence-electron chi connectivity index (χ4n) is 4.39. The van der Waals surface area contributed by atoms with Crippen LogP contribution < -0.4 is 5.32 Å². The smallest absolute Gasteiger partial charge is 0.230 e. The van der Waals surface area contributed by atoms with E-state index in [1.54, 1.807) is 0 Å². The molecule has 2 heterocycles. The van der Waals surface area contributed by atoms with Crippen molar-refractivity contribution in [2.24, 2.45) is 5.92 Å². The molecule has 4 rings (SSSR count). The number of halogens is 1. The van der Waals surface area contributed by atoms with Crippen LogP contribution in [-0.2, 0) is 23.3 Å². The molecule has 1 aliphatic carbocycles. The highest BCUT2D eigenvalue weighted by molar-refractivity contribution is 6.30. The zero-order valence-electron chi connectivity index (χ0n) is 16.5. The molecule has 2 aromatic rings. The fourth-order valence-corrected chi connectivity index (χ4v) is 4.51. The molecule has 2 fully saturated rings. The van der Waals surface area contributed by atoms with E-state index in [0.717, 1.165) is 57.0 Å². The van der Waals surface area contributed by atoms with E-state index in [9.17, 15) is 4.79 Å². The molecule has 1 aromatic carbocycles. The number of carbonyl (C=O) groups excluding carboxylic acids is 1. The van der Waals surface area contributed by atoms with Crippen molar-refractivity contribution in [1.82, 2.24) is 19.8 Å². The lowest BCUT2D eigenvalue weighted by atomic mass is 9.93. The highest BCUT2D eigenvalue weighted by Crippen LogP contribution is 2.48. The van der Waals surface area contributed by atoms with Crippen molar-refractivity contribution in [1.29, 1.82) is 0 Å². The van der Waals surface area contributed by atoms with Crippen LogP contribution in [0.3, 0.4) is 0 Å². The molecule has 1 amide bonds. The second kappa shape index (κ2) is 8.26. The first-order valence-electron chi connectivity index (χ1n) is 10.4. The minimum Gasteiger partial charge on any atom is -0.355 e. The van der Waals surface area contributed by atoms with E-state index in [1.807, 2.05) is 36.7 Å². The van der Waals surface area contributed by atoms with Crippen LogP contribution in [-0.4, -0.2) is 40.0 Å². The van der Waals surface area contributed by atoms with Crippen molar-refractivity contribution in [3.63, 3.8) is 0 Å². The van der Waals surface area contributed by atoms with Gasteiger partial charge in [0, 0.05) is 37.1 Å². The third-order valence-corrected chi connectivity index (χ3v) is 6.50. The molecule has 0 unspecified atom stereocenters. The molecule has 0 bridgehead atoms. The number of aryl methyl sites for hydroxylation is 1. The van der Waals surface area contributed by atoms with E-state index < -0.39 is 0 Å². The summed E-state index contributed by atoms with van der Waals surface area (Å²) < 4.78 is 2.20. The SMILES string of the molecule is CCn1ccnc1CN1CCC[C@@H](CNC(=O)C2(c3ccc(Cl)cc3)CC2)C1. The predicted octanol–water partition coefficient (Wildman–Crippen LogP) is 3.62. The number of amides is 1. The molecule has 1 aromatic heterocycles. The zero-order valence-corrected chi connectivity index (χ0v) is 17.3. The van der Waals surface area contributed by atoms with Crippen molar-refractivity contribution in [2.45, 2.75) is 51.1 Å². The summed E-state index contributed by atoms with van der Waals surface area (Å²) in [5.41, 5.74) is 0.760. The number of hydrogen-bond donors (Lipinski definition) is 1. The van der Waals surface area contributed by atoms with Crippen molar-refractivity contribution in [3.8, 4) is 0 Å². The molecular weight excluding hydrogens is 372 g/mol. The summed E-state index contributed by atoms with van der Waals surface area (Å²) in [5, 5.41) is 3.96. The molecule has 6 heteroatoms. The molecule has 1 atom stereocenters. The lowest BCUT2D eigenvalue weighted by Gasteiger charge is -2.33. The Hall–Kier alpha value is -1.85. The molecule has 0 spiro atoms. The van der Waals surface area contributed by atoms with Gasteiger partial charge < -0.3 is 9.88 Å². The van der Waals surface area contributed by atoms with Crippen LogP contribution in [0.1, 0.15) is 44.0 Å². The lowest BCUT2D eigenvalue weighted by Crippen LogP contribution is -2.43. The van der Waals surface area contributed by atoms with Crippen LogP contribution in [0.2, 0.25) is 5.02 Å². The molecule has 0 radical (unpaired) electrons. The molecule has 1 saturated carbocycles. The van der Waals surface area contributed by atoms with Crippen LogP contribution in [0.15, 0.2) is 36.7 Å². The number of nitrogens with zero attached hydrogens (tertiary/aromatic N) is 3. The Labute approximate surface area is 172 Å². The Morgan fingerprint density at radius 1 is 1.32 bits per heavy atom. The van der Waals surface area contributed by atoms with Gasteiger partial charge in [-0.15, -0.1) is 0 Å². The molecule has 150 valence electrons. The summed E-state index contributed by atoms with van der Waals surface area (Å²) in [6, 6.07) is 7.74. The van der Waals surface area contributed by atoms with Gasteiger partial charge >= 0.3 is 0 Å². The van der Waals surface area contributed by atoms with Gasteiger partial charge in [0.2, 0.25) is 5.91 Å². The highest BCUT2D eigenvalue weighted by Gasteiger charge is 2.51. The standard InChI is InChI=1S/C22H29ClN4O/c1-2-27-13-11-24-20(27)16-26-12-3-4-17(15-26)14-25-21(28)22(9-10-22)18-5-7-19(23)8-6-18/h5-8,11,13,17H,2-4,9-10,12,14-16H2,1H3,(H,25,28)/t17-/m0/s1. The molecular formula is C22H29ClN4O. The van der Waals surface area contributed by atoms with Gasteiger partial charge in [-0.25, -0.2) is 4.98 Å². The monoisotopic (exact) mass is 400 g/mol. The summed E-state index contributed by atoms with van der Waals surface area (Å²) in [5.74, 6) is 1.81. The average molecular weight is 401 g/mol. The minimum atomic E-state index is -0.329. The van der Waals surface area contributed by atoms with Gasteiger partial charge in [-0.2, -0.15) is 0 Å². The van der Waals surface area contributed by atoms with E-state index >= 15 is 0 Å².